The first kappa shape index (κ1) is 20.8. The Morgan fingerprint density at radius 2 is 1.70 bits per heavy atom. The third-order valence-corrected chi connectivity index (χ3v) is 4.26. The average molecular weight is 379 g/mol. The number of pyridine rings is 1. The monoisotopic (exact) mass is 379 g/mol. The summed E-state index contributed by atoms with van der Waals surface area (Å²) >= 11 is 0. The Bertz CT molecular complexity index is 664. The zero-order valence-corrected chi connectivity index (χ0v) is 16.6. The molecule has 1 fully saturated rings. The van der Waals surface area contributed by atoms with Crippen LogP contribution in [-0.4, -0.2) is 49.0 Å². The van der Waals surface area contributed by atoms with Crippen molar-refractivity contribution in [3.05, 3.63) is 17.7 Å². The van der Waals surface area contributed by atoms with Crippen LogP contribution in [0.4, 0.5) is 10.6 Å². The van der Waals surface area contributed by atoms with Gasteiger partial charge in [0, 0.05) is 12.1 Å². The Balaban J connectivity index is 1.87. The lowest BCUT2D eigenvalue weighted by Crippen LogP contribution is -2.42. The first-order valence-corrected chi connectivity index (χ1v) is 9.11. The van der Waals surface area contributed by atoms with Crippen LogP contribution < -0.4 is 15.4 Å². The van der Waals surface area contributed by atoms with Crippen LogP contribution in [0.25, 0.3) is 0 Å². The van der Waals surface area contributed by atoms with Crippen LogP contribution in [-0.2, 0) is 9.47 Å². The van der Waals surface area contributed by atoms with Gasteiger partial charge in [0.2, 0.25) is 5.88 Å². The van der Waals surface area contributed by atoms with E-state index in [0.29, 0.717) is 5.82 Å². The number of amides is 1. The molecule has 1 amide bonds. The van der Waals surface area contributed by atoms with E-state index in [1.807, 2.05) is 20.8 Å². The summed E-state index contributed by atoms with van der Waals surface area (Å²) in [6, 6.07) is 3.72. The molecule has 27 heavy (non-hydrogen) atoms. The predicted molar refractivity (Wildman–Crippen MR) is 101 cm³/mol. The van der Waals surface area contributed by atoms with Gasteiger partial charge in [0.25, 0.3) is 0 Å². The van der Waals surface area contributed by atoms with E-state index < -0.39 is 11.6 Å². The highest BCUT2D eigenvalue weighted by atomic mass is 16.6. The van der Waals surface area contributed by atoms with Gasteiger partial charge < -0.3 is 24.8 Å². The minimum Gasteiger partial charge on any atom is -0.480 e. The van der Waals surface area contributed by atoms with Crippen molar-refractivity contribution in [2.45, 2.75) is 64.1 Å². The van der Waals surface area contributed by atoms with Crippen molar-refractivity contribution in [1.29, 1.82) is 0 Å². The van der Waals surface area contributed by atoms with Gasteiger partial charge in [0.1, 0.15) is 17.0 Å². The summed E-state index contributed by atoms with van der Waals surface area (Å²) in [7, 11) is 2.78. The number of hydrogen-bond donors (Lipinski definition) is 2. The molecule has 0 radical (unpaired) electrons. The van der Waals surface area contributed by atoms with Crippen LogP contribution >= 0.6 is 0 Å². The number of hydrogen-bond acceptors (Lipinski definition) is 7. The highest BCUT2D eigenvalue weighted by Gasteiger charge is 2.25. The molecule has 1 aliphatic rings. The lowest BCUT2D eigenvalue weighted by molar-refractivity contribution is 0.0491. The number of aromatic nitrogens is 1. The Labute approximate surface area is 160 Å². The van der Waals surface area contributed by atoms with Crippen LogP contribution in [0.5, 0.6) is 5.88 Å². The van der Waals surface area contributed by atoms with E-state index in [2.05, 4.69) is 15.6 Å². The molecule has 0 saturated heterocycles. The molecule has 0 spiro atoms. The molecule has 0 unspecified atom stereocenters. The highest BCUT2D eigenvalue weighted by molar-refractivity contribution is 5.92. The number of rotatable bonds is 5. The number of ether oxygens (including phenoxy) is 3. The molecule has 1 saturated carbocycles. The molecule has 1 aromatic rings. The summed E-state index contributed by atoms with van der Waals surface area (Å²) in [6.45, 7) is 5.54. The second kappa shape index (κ2) is 8.92. The Morgan fingerprint density at radius 1 is 1.07 bits per heavy atom. The van der Waals surface area contributed by atoms with Crippen LogP contribution in [0.3, 0.4) is 0 Å². The molecular weight excluding hydrogens is 350 g/mol. The summed E-state index contributed by atoms with van der Waals surface area (Å²) in [6.07, 6.45) is 3.12. The summed E-state index contributed by atoms with van der Waals surface area (Å²) in [4.78, 5) is 27.9. The SMILES string of the molecule is COC(=O)c1ccc(N[C@H]2CC[C@H](NC(=O)OC(C)(C)C)CC2)nc1OC. The summed E-state index contributed by atoms with van der Waals surface area (Å²) in [5, 5.41) is 6.29. The van der Waals surface area contributed by atoms with Crippen LogP contribution in [0, 0.1) is 0 Å². The fraction of sp³-hybridized carbons (Fsp3) is 0.632. The molecule has 0 atom stereocenters. The highest BCUT2D eigenvalue weighted by Crippen LogP contribution is 2.24. The van der Waals surface area contributed by atoms with Crippen molar-refractivity contribution in [2.24, 2.45) is 0 Å². The normalized spacial score (nSPS) is 19.7. The van der Waals surface area contributed by atoms with Crippen LogP contribution in [0.1, 0.15) is 56.8 Å². The molecule has 8 nitrogen and oxygen atoms in total. The standard InChI is InChI=1S/C19H29N3O5/c1-19(2,3)27-18(24)21-13-8-6-12(7-9-13)20-15-11-10-14(17(23)26-5)16(22-15)25-4/h10-13H,6-9H2,1-5H3,(H,20,22)(H,21,24)/t12-,13-. The van der Waals surface area contributed by atoms with Gasteiger partial charge in [-0.15, -0.1) is 0 Å². The van der Waals surface area contributed by atoms with Crippen molar-refractivity contribution in [2.75, 3.05) is 19.5 Å². The molecule has 0 bridgehead atoms. The first-order chi connectivity index (χ1) is 12.7. The van der Waals surface area contributed by atoms with Crippen molar-refractivity contribution in [1.82, 2.24) is 10.3 Å². The van der Waals surface area contributed by atoms with E-state index in [-0.39, 0.29) is 29.6 Å². The van der Waals surface area contributed by atoms with E-state index in [1.54, 1.807) is 12.1 Å². The maximum atomic E-state index is 11.9. The molecule has 150 valence electrons. The quantitative estimate of drug-likeness (QED) is 0.758. The van der Waals surface area contributed by atoms with Gasteiger partial charge in [-0.2, -0.15) is 4.98 Å². The topological polar surface area (TPSA) is 98.8 Å². The molecular formula is C19H29N3O5. The van der Waals surface area contributed by atoms with Gasteiger partial charge in [0.15, 0.2) is 0 Å². The summed E-state index contributed by atoms with van der Waals surface area (Å²) in [5.74, 6) is 0.384. The van der Waals surface area contributed by atoms with Crippen LogP contribution in [0.2, 0.25) is 0 Å². The number of carbonyl (C=O) groups is 2. The third-order valence-electron chi connectivity index (χ3n) is 4.26. The molecule has 1 heterocycles. The molecule has 0 aromatic carbocycles. The van der Waals surface area contributed by atoms with E-state index in [9.17, 15) is 9.59 Å². The van der Waals surface area contributed by atoms with E-state index >= 15 is 0 Å². The summed E-state index contributed by atoms with van der Waals surface area (Å²) in [5.41, 5.74) is -0.208. The minimum atomic E-state index is -0.496. The zero-order chi connectivity index (χ0) is 20.0. The van der Waals surface area contributed by atoms with Gasteiger partial charge in [0.05, 0.1) is 14.2 Å². The largest absolute Gasteiger partial charge is 0.480 e. The van der Waals surface area contributed by atoms with E-state index in [1.165, 1.54) is 14.2 Å². The minimum absolute atomic E-state index is 0.113. The Morgan fingerprint density at radius 3 is 2.26 bits per heavy atom. The smallest absolute Gasteiger partial charge is 0.407 e. The third kappa shape index (κ3) is 6.30. The maximum Gasteiger partial charge on any atom is 0.407 e. The number of methoxy groups -OCH3 is 2. The fourth-order valence-corrected chi connectivity index (χ4v) is 3.01. The molecule has 2 N–H and O–H groups in total. The Kier molecular flexibility index (Phi) is 6.87. The summed E-state index contributed by atoms with van der Waals surface area (Å²) < 4.78 is 15.2. The van der Waals surface area contributed by atoms with Gasteiger partial charge in [-0.3, -0.25) is 0 Å². The lowest BCUT2D eigenvalue weighted by atomic mass is 9.91. The number of esters is 1. The number of nitrogens with zero attached hydrogens (tertiary/aromatic N) is 1. The predicted octanol–water partition coefficient (Wildman–Crippen LogP) is 3.12. The van der Waals surface area contributed by atoms with E-state index in [4.69, 9.17) is 14.2 Å². The van der Waals surface area contributed by atoms with Gasteiger partial charge in [-0.1, -0.05) is 0 Å². The average Bonchev–Trinajstić information content (AvgIpc) is 2.61. The lowest BCUT2D eigenvalue weighted by Gasteiger charge is -2.30. The number of carbonyl (C=O) groups excluding carboxylic acids is 2. The number of nitrogens with one attached hydrogen (secondary N) is 2. The number of alkyl carbamates (subject to hydrolysis) is 1. The van der Waals surface area contributed by atoms with Crippen molar-refractivity contribution < 1.29 is 23.8 Å². The Hall–Kier alpha value is -2.51. The van der Waals surface area contributed by atoms with Gasteiger partial charge in [-0.25, -0.2) is 9.59 Å². The van der Waals surface area contributed by atoms with Crippen molar-refractivity contribution in [3.8, 4) is 5.88 Å². The number of anilines is 1. The van der Waals surface area contributed by atoms with Crippen molar-refractivity contribution >= 4 is 17.9 Å². The van der Waals surface area contributed by atoms with Crippen LogP contribution in [0.15, 0.2) is 12.1 Å². The second-order valence-corrected chi connectivity index (χ2v) is 7.58. The molecule has 0 aliphatic heterocycles. The molecule has 2 rings (SSSR count). The van der Waals surface area contributed by atoms with Crippen molar-refractivity contribution in [3.63, 3.8) is 0 Å². The van der Waals surface area contributed by atoms with E-state index in [0.717, 1.165) is 25.7 Å². The molecule has 8 heteroatoms. The maximum absolute atomic E-state index is 11.9. The van der Waals surface area contributed by atoms with Gasteiger partial charge >= 0.3 is 12.1 Å². The zero-order valence-electron chi connectivity index (χ0n) is 16.6. The first-order valence-electron chi connectivity index (χ1n) is 9.11. The second-order valence-electron chi connectivity index (χ2n) is 7.58. The molecule has 1 aromatic heterocycles. The fourth-order valence-electron chi connectivity index (χ4n) is 3.01. The molecule has 1 aliphatic carbocycles. The van der Waals surface area contributed by atoms with Gasteiger partial charge in [-0.05, 0) is 58.6 Å².